The predicted octanol–water partition coefficient (Wildman–Crippen LogP) is 0.386. The number of nitrogens with two attached hydrogens (primary N) is 1. The first-order valence-electron chi connectivity index (χ1n) is 6.35. The highest BCUT2D eigenvalue weighted by atomic mass is 32.2. The summed E-state index contributed by atoms with van der Waals surface area (Å²) in [6, 6.07) is 4.76. The molecule has 0 aromatic heterocycles. The Hall–Kier alpha value is -1.51. The third-order valence-corrected chi connectivity index (χ3v) is 5.34. The highest BCUT2D eigenvalue weighted by molar-refractivity contribution is 7.89. The molecular formula is C13H19N3O3S2. The van der Waals surface area contributed by atoms with E-state index in [2.05, 4.69) is 5.32 Å². The van der Waals surface area contributed by atoms with Gasteiger partial charge in [-0.05, 0) is 18.6 Å². The predicted molar refractivity (Wildman–Crippen MR) is 85.6 cm³/mol. The number of sulfonamides is 1. The van der Waals surface area contributed by atoms with Crippen LogP contribution in [-0.4, -0.2) is 43.8 Å². The van der Waals surface area contributed by atoms with Gasteiger partial charge in [0.2, 0.25) is 15.9 Å². The van der Waals surface area contributed by atoms with Gasteiger partial charge in [-0.15, -0.1) is 0 Å². The fourth-order valence-electron chi connectivity index (χ4n) is 1.78. The minimum atomic E-state index is -3.79. The second-order valence-electron chi connectivity index (χ2n) is 4.45. The first kappa shape index (κ1) is 17.5. The second kappa shape index (κ2) is 6.97. The van der Waals surface area contributed by atoms with Gasteiger partial charge in [-0.1, -0.05) is 31.3 Å². The molecule has 116 valence electrons. The molecule has 6 nitrogen and oxygen atoms in total. The zero-order valence-electron chi connectivity index (χ0n) is 12.2. The molecule has 1 aromatic rings. The average Bonchev–Trinajstić information content (AvgIpc) is 2.44. The van der Waals surface area contributed by atoms with Gasteiger partial charge < -0.3 is 11.1 Å². The van der Waals surface area contributed by atoms with E-state index in [1.54, 1.807) is 26.0 Å². The lowest BCUT2D eigenvalue weighted by Gasteiger charge is -2.21. The number of amides is 1. The highest BCUT2D eigenvalue weighted by Crippen LogP contribution is 2.21. The lowest BCUT2D eigenvalue weighted by molar-refractivity contribution is -0.120. The summed E-state index contributed by atoms with van der Waals surface area (Å²) in [4.78, 5) is 11.7. The molecule has 0 atom stereocenters. The van der Waals surface area contributed by atoms with Crippen molar-refractivity contribution in [3.63, 3.8) is 0 Å². The van der Waals surface area contributed by atoms with Crippen molar-refractivity contribution in [2.45, 2.75) is 18.7 Å². The van der Waals surface area contributed by atoms with Gasteiger partial charge in [0.05, 0.1) is 11.4 Å². The first-order chi connectivity index (χ1) is 9.73. The number of hydrogen-bond donors (Lipinski definition) is 2. The molecule has 0 bridgehead atoms. The minimum Gasteiger partial charge on any atom is -0.389 e. The third kappa shape index (κ3) is 3.99. The number of carbonyl (C=O) groups is 1. The van der Waals surface area contributed by atoms with E-state index in [1.807, 2.05) is 0 Å². The monoisotopic (exact) mass is 329 g/mol. The third-order valence-electron chi connectivity index (χ3n) is 3.04. The first-order valence-corrected chi connectivity index (χ1v) is 8.20. The highest BCUT2D eigenvalue weighted by Gasteiger charge is 2.26. The van der Waals surface area contributed by atoms with Crippen LogP contribution in [0.4, 0.5) is 0 Å². The SMILES string of the molecule is CCN(CC(=O)NC)S(=O)(=O)c1cc(C(N)=S)ccc1C. The average molecular weight is 329 g/mol. The van der Waals surface area contributed by atoms with Crippen LogP contribution in [0.15, 0.2) is 23.1 Å². The molecule has 1 aromatic carbocycles. The van der Waals surface area contributed by atoms with Crippen LogP contribution < -0.4 is 11.1 Å². The normalized spacial score (nSPS) is 11.4. The van der Waals surface area contributed by atoms with Crippen molar-refractivity contribution >= 4 is 33.1 Å². The topological polar surface area (TPSA) is 92.5 Å². The van der Waals surface area contributed by atoms with E-state index in [0.717, 1.165) is 4.31 Å². The number of likely N-dealkylation sites (N-methyl/N-ethyl adjacent to an activating group) is 2. The maximum atomic E-state index is 12.7. The minimum absolute atomic E-state index is 0.110. The van der Waals surface area contributed by atoms with Crippen molar-refractivity contribution in [1.29, 1.82) is 0 Å². The molecule has 8 heteroatoms. The van der Waals surface area contributed by atoms with E-state index in [9.17, 15) is 13.2 Å². The van der Waals surface area contributed by atoms with Crippen LogP contribution in [0.25, 0.3) is 0 Å². The number of thiocarbonyl (C=S) groups is 1. The number of nitrogens with one attached hydrogen (secondary N) is 1. The van der Waals surface area contributed by atoms with Gasteiger partial charge in [-0.2, -0.15) is 4.31 Å². The smallest absolute Gasteiger partial charge is 0.243 e. The Labute approximate surface area is 130 Å². The summed E-state index contributed by atoms with van der Waals surface area (Å²) in [6.45, 7) is 3.32. The standard InChI is InChI=1S/C13H19N3O3S2/c1-4-16(8-12(17)15-3)21(18,19)11-7-10(13(14)20)6-5-9(11)2/h5-7H,4,8H2,1-3H3,(H2,14,20)(H,15,17). The van der Waals surface area contributed by atoms with Gasteiger partial charge in [0, 0.05) is 19.2 Å². The van der Waals surface area contributed by atoms with E-state index in [4.69, 9.17) is 18.0 Å². The van der Waals surface area contributed by atoms with Crippen molar-refractivity contribution < 1.29 is 13.2 Å². The van der Waals surface area contributed by atoms with E-state index < -0.39 is 10.0 Å². The fourth-order valence-corrected chi connectivity index (χ4v) is 3.56. The Kier molecular flexibility index (Phi) is 5.82. The lowest BCUT2D eigenvalue weighted by Crippen LogP contribution is -2.39. The summed E-state index contributed by atoms with van der Waals surface area (Å²) < 4.78 is 26.5. The Morgan fingerprint density at radius 2 is 2.05 bits per heavy atom. The molecule has 0 aliphatic rings. The summed E-state index contributed by atoms with van der Waals surface area (Å²) in [5, 5.41) is 2.41. The zero-order valence-corrected chi connectivity index (χ0v) is 13.8. The second-order valence-corrected chi connectivity index (χ2v) is 6.80. The Morgan fingerprint density at radius 1 is 1.43 bits per heavy atom. The van der Waals surface area contributed by atoms with Crippen LogP contribution in [0.5, 0.6) is 0 Å². The number of benzene rings is 1. The molecule has 0 saturated carbocycles. The molecule has 21 heavy (non-hydrogen) atoms. The number of nitrogens with zero attached hydrogens (tertiary/aromatic N) is 1. The van der Waals surface area contributed by atoms with Gasteiger partial charge in [-0.25, -0.2) is 8.42 Å². The molecule has 1 amide bonds. The van der Waals surface area contributed by atoms with Crippen molar-refractivity contribution in [2.24, 2.45) is 5.73 Å². The summed E-state index contributed by atoms with van der Waals surface area (Å²) in [5.74, 6) is -0.372. The van der Waals surface area contributed by atoms with E-state index in [1.165, 1.54) is 13.1 Å². The zero-order chi connectivity index (χ0) is 16.2. The van der Waals surface area contributed by atoms with Crippen LogP contribution in [-0.2, 0) is 14.8 Å². The van der Waals surface area contributed by atoms with Crippen LogP contribution in [0.3, 0.4) is 0 Å². The Balaban J connectivity index is 3.31. The Morgan fingerprint density at radius 3 is 2.52 bits per heavy atom. The molecule has 1 rings (SSSR count). The van der Waals surface area contributed by atoms with Crippen molar-refractivity contribution in [1.82, 2.24) is 9.62 Å². The van der Waals surface area contributed by atoms with Crippen molar-refractivity contribution in [3.8, 4) is 0 Å². The number of rotatable bonds is 6. The summed E-state index contributed by atoms with van der Waals surface area (Å²) in [7, 11) is -2.33. The van der Waals surface area contributed by atoms with Crippen LogP contribution in [0.1, 0.15) is 18.1 Å². The van der Waals surface area contributed by atoms with Gasteiger partial charge >= 0.3 is 0 Å². The fraction of sp³-hybridized carbons (Fsp3) is 0.385. The van der Waals surface area contributed by atoms with Crippen LogP contribution in [0, 0.1) is 6.92 Å². The van der Waals surface area contributed by atoms with E-state index >= 15 is 0 Å². The number of aryl methyl sites for hydroxylation is 1. The maximum absolute atomic E-state index is 12.7. The van der Waals surface area contributed by atoms with Gasteiger partial charge in [0.15, 0.2) is 0 Å². The molecular weight excluding hydrogens is 310 g/mol. The molecule has 3 N–H and O–H groups in total. The van der Waals surface area contributed by atoms with Crippen molar-refractivity contribution in [2.75, 3.05) is 20.1 Å². The molecule has 0 fully saturated rings. The molecule has 0 unspecified atom stereocenters. The quantitative estimate of drug-likeness (QED) is 0.736. The summed E-state index contributed by atoms with van der Waals surface area (Å²) in [5.41, 5.74) is 6.60. The number of carbonyl (C=O) groups excluding carboxylic acids is 1. The largest absolute Gasteiger partial charge is 0.389 e. The van der Waals surface area contributed by atoms with Gasteiger partial charge in [0.1, 0.15) is 4.99 Å². The molecule has 0 aliphatic heterocycles. The van der Waals surface area contributed by atoms with E-state index in [0.29, 0.717) is 11.1 Å². The van der Waals surface area contributed by atoms with Gasteiger partial charge in [-0.3, -0.25) is 4.79 Å². The summed E-state index contributed by atoms with van der Waals surface area (Å²) >= 11 is 4.88. The van der Waals surface area contributed by atoms with Gasteiger partial charge in [0.25, 0.3) is 0 Å². The van der Waals surface area contributed by atoms with Crippen molar-refractivity contribution in [3.05, 3.63) is 29.3 Å². The maximum Gasteiger partial charge on any atom is 0.243 e. The Bertz CT molecular complexity index is 657. The molecule has 0 spiro atoms. The lowest BCUT2D eigenvalue weighted by atomic mass is 10.1. The van der Waals surface area contributed by atoms with Crippen LogP contribution in [0.2, 0.25) is 0 Å². The molecule has 0 heterocycles. The molecule has 0 radical (unpaired) electrons. The van der Waals surface area contributed by atoms with Crippen LogP contribution >= 0.6 is 12.2 Å². The summed E-state index contributed by atoms with van der Waals surface area (Å²) in [6.07, 6.45) is 0. The molecule has 0 aliphatic carbocycles. The van der Waals surface area contributed by atoms with E-state index in [-0.39, 0.29) is 28.9 Å². The molecule has 0 saturated heterocycles. The number of hydrogen-bond acceptors (Lipinski definition) is 4.